The zero-order chi connectivity index (χ0) is 22.1. The van der Waals surface area contributed by atoms with E-state index in [1.165, 1.54) is 5.56 Å². The molecule has 1 aromatic rings. The molecule has 0 spiro atoms. The zero-order valence-corrected chi connectivity index (χ0v) is 19.5. The first-order valence-electron chi connectivity index (χ1n) is 11.8. The molecule has 0 saturated carbocycles. The second-order valence-electron chi connectivity index (χ2n) is 9.87. The number of likely N-dealkylation sites (tertiary alicyclic amines) is 1. The summed E-state index contributed by atoms with van der Waals surface area (Å²) in [5.41, 5.74) is 3.25. The second kappa shape index (κ2) is 9.29. The lowest BCUT2D eigenvalue weighted by Crippen LogP contribution is -2.49. The molecular weight excluding hydrogens is 390 g/mol. The van der Waals surface area contributed by atoms with E-state index < -0.39 is 0 Å². The van der Waals surface area contributed by atoms with Crippen LogP contribution in [0.2, 0.25) is 0 Å². The highest BCUT2D eigenvalue weighted by Gasteiger charge is 2.38. The standard InChI is InChI=1S/C25H37N3O3/c1-17-6-5-7-23(20(17)4)28-16-22(12-24(28)29)25(30)27-10-8-21(9-11-27)15-26-13-18(2)31-19(3)14-26/h5-7,18-19,21-22H,8-16H2,1-4H3. The number of morpholine rings is 1. The molecule has 170 valence electrons. The van der Waals surface area contributed by atoms with E-state index in [4.69, 9.17) is 4.74 Å². The summed E-state index contributed by atoms with van der Waals surface area (Å²) in [5.74, 6) is 0.647. The maximum Gasteiger partial charge on any atom is 0.228 e. The maximum absolute atomic E-state index is 13.2. The van der Waals surface area contributed by atoms with E-state index >= 15 is 0 Å². The van der Waals surface area contributed by atoms with Crippen molar-refractivity contribution < 1.29 is 14.3 Å². The van der Waals surface area contributed by atoms with Crippen LogP contribution in [0, 0.1) is 25.7 Å². The Morgan fingerprint density at radius 3 is 2.42 bits per heavy atom. The smallest absolute Gasteiger partial charge is 0.228 e. The number of amides is 2. The Morgan fingerprint density at radius 1 is 1.06 bits per heavy atom. The zero-order valence-electron chi connectivity index (χ0n) is 19.5. The molecular formula is C25H37N3O3. The van der Waals surface area contributed by atoms with Crippen molar-refractivity contribution in [1.82, 2.24) is 9.80 Å². The lowest BCUT2D eigenvalue weighted by atomic mass is 9.94. The Labute approximate surface area is 186 Å². The number of carbonyl (C=O) groups is 2. The topological polar surface area (TPSA) is 53.1 Å². The van der Waals surface area contributed by atoms with E-state index in [0.717, 1.165) is 56.8 Å². The van der Waals surface area contributed by atoms with Crippen molar-refractivity contribution in [3.8, 4) is 0 Å². The molecule has 6 nitrogen and oxygen atoms in total. The molecule has 0 radical (unpaired) electrons. The van der Waals surface area contributed by atoms with Crippen molar-refractivity contribution in [3.63, 3.8) is 0 Å². The number of nitrogens with zero attached hydrogens (tertiary/aromatic N) is 3. The van der Waals surface area contributed by atoms with Crippen LogP contribution in [0.15, 0.2) is 18.2 Å². The van der Waals surface area contributed by atoms with Crippen LogP contribution in [0.1, 0.15) is 44.2 Å². The largest absolute Gasteiger partial charge is 0.373 e. The van der Waals surface area contributed by atoms with Crippen LogP contribution < -0.4 is 4.90 Å². The van der Waals surface area contributed by atoms with Crippen molar-refractivity contribution in [2.75, 3.05) is 44.2 Å². The van der Waals surface area contributed by atoms with Crippen molar-refractivity contribution in [2.45, 2.75) is 59.2 Å². The Hall–Kier alpha value is -1.92. The Morgan fingerprint density at radius 2 is 1.74 bits per heavy atom. The van der Waals surface area contributed by atoms with Gasteiger partial charge in [-0.3, -0.25) is 14.5 Å². The van der Waals surface area contributed by atoms with Gasteiger partial charge in [-0.05, 0) is 63.6 Å². The molecule has 31 heavy (non-hydrogen) atoms. The fraction of sp³-hybridized carbons (Fsp3) is 0.680. The Kier molecular flexibility index (Phi) is 6.68. The molecule has 0 bridgehead atoms. The fourth-order valence-electron chi connectivity index (χ4n) is 5.53. The molecule has 3 fully saturated rings. The van der Waals surface area contributed by atoms with Gasteiger partial charge in [0, 0.05) is 51.4 Å². The number of hydrogen-bond donors (Lipinski definition) is 0. The van der Waals surface area contributed by atoms with Crippen LogP contribution in [0.4, 0.5) is 5.69 Å². The third-order valence-corrected chi connectivity index (χ3v) is 7.28. The molecule has 3 saturated heterocycles. The van der Waals surface area contributed by atoms with Crippen LogP contribution >= 0.6 is 0 Å². The molecule has 3 aliphatic heterocycles. The molecule has 1 aromatic carbocycles. The first kappa shape index (κ1) is 22.3. The summed E-state index contributed by atoms with van der Waals surface area (Å²) in [6.07, 6.45) is 3.02. The molecule has 3 heterocycles. The van der Waals surface area contributed by atoms with Crippen molar-refractivity contribution in [3.05, 3.63) is 29.3 Å². The predicted octanol–water partition coefficient (Wildman–Crippen LogP) is 3.00. The number of ether oxygens (including phenoxy) is 1. The lowest BCUT2D eigenvalue weighted by molar-refractivity contribution is -0.137. The first-order valence-corrected chi connectivity index (χ1v) is 11.8. The van der Waals surface area contributed by atoms with Gasteiger partial charge in [0.15, 0.2) is 0 Å². The molecule has 3 atom stereocenters. The number of hydrogen-bond acceptors (Lipinski definition) is 4. The predicted molar refractivity (Wildman–Crippen MR) is 122 cm³/mol. The van der Waals surface area contributed by atoms with E-state index in [2.05, 4.69) is 31.7 Å². The highest BCUT2D eigenvalue weighted by atomic mass is 16.5. The summed E-state index contributed by atoms with van der Waals surface area (Å²) in [5, 5.41) is 0. The van der Waals surface area contributed by atoms with Crippen LogP contribution in [-0.4, -0.2) is 73.1 Å². The van der Waals surface area contributed by atoms with Crippen LogP contribution in [0.25, 0.3) is 0 Å². The molecule has 4 rings (SSSR count). The van der Waals surface area contributed by atoms with Gasteiger partial charge in [-0.2, -0.15) is 0 Å². The number of carbonyl (C=O) groups excluding carboxylic acids is 2. The first-order chi connectivity index (χ1) is 14.8. The molecule has 3 aliphatic rings. The van der Waals surface area contributed by atoms with Crippen LogP contribution in [0.3, 0.4) is 0 Å². The summed E-state index contributed by atoms with van der Waals surface area (Å²) in [6, 6.07) is 6.04. The van der Waals surface area contributed by atoms with Gasteiger partial charge in [-0.15, -0.1) is 0 Å². The summed E-state index contributed by atoms with van der Waals surface area (Å²) < 4.78 is 5.85. The summed E-state index contributed by atoms with van der Waals surface area (Å²) in [7, 11) is 0. The number of anilines is 1. The normalized spacial score (nSPS) is 28.4. The van der Waals surface area contributed by atoms with Crippen LogP contribution in [-0.2, 0) is 14.3 Å². The van der Waals surface area contributed by atoms with Crippen molar-refractivity contribution in [2.24, 2.45) is 11.8 Å². The molecule has 6 heteroatoms. The highest BCUT2D eigenvalue weighted by Crippen LogP contribution is 2.31. The van der Waals surface area contributed by atoms with E-state index in [1.54, 1.807) is 0 Å². The Balaban J connectivity index is 1.30. The Bertz CT molecular complexity index is 808. The monoisotopic (exact) mass is 427 g/mol. The molecule has 0 aliphatic carbocycles. The van der Waals surface area contributed by atoms with Gasteiger partial charge in [0.2, 0.25) is 11.8 Å². The minimum absolute atomic E-state index is 0.0671. The maximum atomic E-state index is 13.2. The van der Waals surface area contributed by atoms with Crippen molar-refractivity contribution >= 4 is 17.5 Å². The molecule has 0 aromatic heterocycles. The van der Waals surface area contributed by atoms with Gasteiger partial charge < -0.3 is 14.5 Å². The average molecular weight is 428 g/mol. The van der Waals surface area contributed by atoms with Gasteiger partial charge in [0.05, 0.1) is 18.1 Å². The minimum Gasteiger partial charge on any atom is -0.373 e. The number of rotatable bonds is 4. The summed E-state index contributed by atoms with van der Waals surface area (Å²) >= 11 is 0. The second-order valence-corrected chi connectivity index (χ2v) is 9.87. The SMILES string of the molecule is Cc1cccc(N2CC(C(=O)N3CCC(CN4CC(C)OC(C)C4)CC3)CC2=O)c1C. The number of piperidine rings is 1. The van der Waals surface area contributed by atoms with Gasteiger partial charge in [0.1, 0.15) is 0 Å². The highest BCUT2D eigenvalue weighted by molar-refractivity contribution is 6.00. The number of aryl methyl sites for hydroxylation is 1. The minimum atomic E-state index is -0.218. The number of benzene rings is 1. The van der Waals surface area contributed by atoms with Gasteiger partial charge in [-0.1, -0.05) is 12.1 Å². The molecule has 0 N–H and O–H groups in total. The third-order valence-electron chi connectivity index (χ3n) is 7.28. The lowest BCUT2D eigenvalue weighted by Gasteiger charge is -2.39. The van der Waals surface area contributed by atoms with Crippen molar-refractivity contribution in [1.29, 1.82) is 0 Å². The average Bonchev–Trinajstić information content (AvgIpc) is 3.11. The quantitative estimate of drug-likeness (QED) is 0.741. The molecule has 3 unspecified atom stereocenters. The summed E-state index contributed by atoms with van der Waals surface area (Å²) in [4.78, 5) is 32.2. The van der Waals surface area contributed by atoms with E-state index in [0.29, 0.717) is 31.1 Å². The molecule has 2 amide bonds. The third kappa shape index (κ3) is 4.96. The van der Waals surface area contributed by atoms with Gasteiger partial charge in [-0.25, -0.2) is 0 Å². The van der Waals surface area contributed by atoms with E-state index in [1.807, 2.05) is 28.9 Å². The summed E-state index contributed by atoms with van der Waals surface area (Å²) in [6.45, 7) is 13.6. The van der Waals surface area contributed by atoms with Crippen LogP contribution in [0.5, 0.6) is 0 Å². The fourth-order valence-corrected chi connectivity index (χ4v) is 5.53. The van der Waals surface area contributed by atoms with Gasteiger partial charge >= 0.3 is 0 Å². The van der Waals surface area contributed by atoms with E-state index in [-0.39, 0.29) is 17.7 Å². The van der Waals surface area contributed by atoms with Gasteiger partial charge in [0.25, 0.3) is 0 Å². The van der Waals surface area contributed by atoms with E-state index in [9.17, 15) is 9.59 Å².